The number of benzene rings is 1. The van der Waals surface area contributed by atoms with Crippen LogP contribution in [0, 0.1) is 6.92 Å². The van der Waals surface area contributed by atoms with Crippen molar-refractivity contribution in [3.8, 4) is 0 Å². The number of nitrogens with one attached hydrogen (secondary N) is 3. The molecule has 3 aromatic heterocycles. The Hall–Kier alpha value is -2.99. The smallest absolute Gasteiger partial charge is 0.191 e. The van der Waals surface area contributed by atoms with Crippen molar-refractivity contribution >= 4 is 28.2 Å². The molecule has 0 amide bonds. The Morgan fingerprint density at radius 2 is 1.97 bits per heavy atom. The van der Waals surface area contributed by atoms with Gasteiger partial charge < -0.3 is 20.0 Å². The van der Waals surface area contributed by atoms with Crippen LogP contribution in [0.1, 0.15) is 21.8 Å². The molecule has 3 heterocycles. The molecule has 0 aliphatic carbocycles. The first-order valence-corrected chi connectivity index (χ1v) is 10.8. The number of hydrogen-bond donors (Lipinski definition) is 3. The highest BCUT2D eigenvalue weighted by atomic mass is 32.1. The maximum Gasteiger partial charge on any atom is 0.191 e. The molecular weight excluding hydrogens is 380 g/mol. The Morgan fingerprint density at radius 1 is 1.07 bits per heavy atom. The van der Waals surface area contributed by atoms with Crippen molar-refractivity contribution in [1.29, 1.82) is 0 Å². The van der Waals surface area contributed by atoms with Gasteiger partial charge in [-0.1, -0.05) is 18.2 Å². The Morgan fingerprint density at radius 3 is 2.76 bits per heavy atom. The fraction of sp³-hybridized carbons (Fsp3) is 0.261. The third-order valence-corrected chi connectivity index (χ3v) is 5.76. The maximum atomic E-state index is 5.41. The van der Waals surface area contributed by atoms with Gasteiger partial charge in [-0.3, -0.25) is 0 Å². The second-order valence-corrected chi connectivity index (χ2v) is 8.02. The van der Waals surface area contributed by atoms with Gasteiger partial charge in [0.1, 0.15) is 5.76 Å². The summed E-state index contributed by atoms with van der Waals surface area (Å²) in [4.78, 5) is 9.38. The van der Waals surface area contributed by atoms with E-state index in [0.717, 1.165) is 37.7 Å². The summed E-state index contributed by atoms with van der Waals surface area (Å²) < 4.78 is 5.41. The molecule has 0 aliphatic heterocycles. The van der Waals surface area contributed by atoms with Crippen LogP contribution in [-0.4, -0.2) is 24.0 Å². The van der Waals surface area contributed by atoms with Gasteiger partial charge in [0.05, 0.1) is 12.8 Å². The third kappa shape index (κ3) is 5.09. The summed E-state index contributed by atoms with van der Waals surface area (Å²) >= 11 is 1.73. The lowest BCUT2D eigenvalue weighted by atomic mass is 10.1. The highest BCUT2D eigenvalue weighted by molar-refractivity contribution is 7.09. The second-order valence-electron chi connectivity index (χ2n) is 6.99. The van der Waals surface area contributed by atoms with E-state index in [2.05, 4.69) is 64.5 Å². The molecule has 0 aliphatic rings. The van der Waals surface area contributed by atoms with E-state index < -0.39 is 0 Å². The van der Waals surface area contributed by atoms with E-state index in [4.69, 9.17) is 9.41 Å². The van der Waals surface area contributed by atoms with E-state index >= 15 is 0 Å². The van der Waals surface area contributed by atoms with E-state index in [1.165, 1.54) is 26.9 Å². The average molecular weight is 407 g/mol. The van der Waals surface area contributed by atoms with Crippen LogP contribution < -0.4 is 10.6 Å². The van der Waals surface area contributed by atoms with E-state index in [1.807, 2.05) is 12.1 Å². The standard InChI is InChI=1S/C23H26N4OS/c1-17-5-2-8-21-22(17)18(15-26-21)9-11-24-23(27-16-20-7-4-14-29-20)25-12-10-19-6-3-13-28-19/h2-8,13-15,26H,9-12,16H2,1H3,(H2,24,25,27). The number of furan rings is 1. The summed E-state index contributed by atoms with van der Waals surface area (Å²) in [6, 6.07) is 14.5. The normalized spacial score (nSPS) is 11.8. The number of nitrogens with zero attached hydrogens (tertiary/aromatic N) is 1. The number of aliphatic imine (C=N–C) groups is 1. The highest BCUT2D eigenvalue weighted by Gasteiger charge is 2.07. The van der Waals surface area contributed by atoms with Crippen LogP contribution in [0.5, 0.6) is 0 Å². The first-order valence-electron chi connectivity index (χ1n) is 9.92. The summed E-state index contributed by atoms with van der Waals surface area (Å²) in [6.07, 6.45) is 5.59. The van der Waals surface area contributed by atoms with Gasteiger partial charge in [-0.25, -0.2) is 4.99 Å². The summed E-state index contributed by atoms with van der Waals surface area (Å²) in [7, 11) is 0. The average Bonchev–Trinajstić information content (AvgIpc) is 3.48. The third-order valence-electron chi connectivity index (χ3n) is 4.90. The number of aromatic nitrogens is 1. The summed E-state index contributed by atoms with van der Waals surface area (Å²) in [6.45, 7) is 4.44. The fourth-order valence-electron chi connectivity index (χ4n) is 3.46. The number of fused-ring (bicyclic) bond motifs is 1. The first-order chi connectivity index (χ1) is 14.3. The zero-order valence-corrected chi connectivity index (χ0v) is 17.4. The minimum atomic E-state index is 0.681. The zero-order chi connectivity index (χ0) is 19.9. The number of thiophene rings is 1. The molecule has 5 nitrogen and oxygen atoms in total. The van der Waals surface area contributed by atoms with E-state index in [1.54, 1.807) is 17.6 Å². The Bertz CT molecular complexity index is 1050. The van der Waals surface area contributed by atoms with Gasteiger partial charge in [-0.05, 0) is 54.1 Å². The van der Waals surface area contributed by atoms with Crippen LogP contribution in [0.2, 0.25) is 0 Å². The molecule has 4 aromatic rings. The molecule has 0 atom stereocenters. The number of hydrogen-bond acceptors (Lipinski definition) is 3. The minimum Gasteiger partial charge on any atom is -0.469 e. The van der Waals surface area contributed by atoms with Gasteiger partial charge in [0.25, 0.3) is 0 Å². The number of H-pyrrole nitrogens is 1. The molecule has 6 heteroatoms. The molecule has 3 N–H and O–H groups in total. The molecule has 0 unspecified atom stereocenters. The van der Waals surface area contributed by atoms with E-state index in [9.17, 15) is 0 Å². The lowest BCUT2D eigenvalue weighted by Crippen LogP contribution is -2.39. The van der Waals surface area contributed by atoms with Crippen molar-refractivity contribution in [2.45, 2.75) is 26.3 Å². The molecule has 150 valence electrons. The van der Waals surface area contributed by atoms with E-state index in [0.29, 0.717) is 6.54 Å². The van der Waals surface area contributed by atoms with Crippen molar-refractivity contribution in [2.75, 3.05) is 13.1 Å². The lowest BCUT2D eigenvalue weighted by molar-refractivity contribution is 0.506. The number of aryl methyl sites for hydroxylation is 1. The summed E-state index contributed by atoms with van der Waals surface area (Å²) in [5, 5.41) is 10.3. The summed E-state index contributed by atoms with van der Waals surface area (Å²) in [5.74, 6) is 1.81. The second kappa shape index (κ2) is 9.47. The van der Waals surface area contributed by atoms with Crippen molar-refractivity contribution in [3.05, 3.63) is 82.1 Å². The molecule has 0 radical (unpaired) electrons. The molecule has 29 heavy (non-hydrogen) atoms. The number of guanidine groups is 1. The predicted octanol–water partition coefficient (Wildman–Crippen LogP) is 4.65. The first kappa shape index (κ1) is 19.3. The van der Waals surface area contributed by atoms with Gasteiger partial charge >= 0.3 is 0 Å². The van der Waals surface area contributed by atoms with Crippen LogP contribution in [0.15, 0.2) is 69.7 Å². The number of aromatic amines is 1. The van der Waals surface area contributed by atoms with Crippen molar-refractivity contribution in [3.63, 3.8) is 0 Å². The van der Waals surface area contributed by atoms with Crippen LogP contribution in [0.25, 0.3) is 10.9 Å². The molecule has 0 bridgehead atoms. The minimum absolute atomic E-state index is 0.681. The largest absolute Gasteiger partial charge is 0.469 e. The van der Waals surface area contributed by atoms with E-state index in [-0.39, 0.29) is 0 Å². The Labute approximate surface area is 174 Å². The Kier molecular flexibility index (Phi) is 6.32. The Balaban J connectivity index is 1.36. The number of rotatable bonds is 8. The van der Waals surface area contributed by atoms with Gasteiger partial charge in [-0.2, -0.15) is 0 Å². The predicted molar refractivity (Wildman–Crippen MR) is 121 cm³/mol. The van der Waals surface area contributed by atoms with Gasteiger partial charge in [0.15, 0.2) is 5.96 Å². The van der Waals surface area contributed by atoms with Crippen molar-refractivity contribution in [1.82, 2.24) is 15.6 Å². The van der Waals surface area contributed by atoms with Gasteiger partial charge in [-0.15, -0.1) is 11.3 Å². The van der Waals surface area contributed by atoms with Crippen LogP contribution in [0.4, 0.5) is 0 Å². The molecule has 1 aromatic carbocycles. The molecule has 0 fully saturated rings. The van der Waals surface area contributed by atoms with Crippen LogP contribution in [0.3, 0.4) is 0 Å². The molecular formula is C23H26N4OS. The van der Waals surface area contributed by atoms with Crippen LogP contribution in [-0.2, 0) is 19.4 Å². The molecule has 0 saturated carbocycles. The maximum absolute atomic E-state index is 5.41. The summed E-state index contributed by atoms with van der Waals surface area (Å²) in [5.41, 5.74) is 3.84. The molecule has 0 spiro atoms. The van der Waals surface area contributed by atoms with Crippen molar-refractivity contribution in [2.24, 2.45) is 4.99 Å². The molecule has 0 saturated heterocycles. The monoisotopic (exact) mass is 406 g/mol. The van der Waals surface area contributed by atoms with Crippen molar-refractivity contribution < 1.29 is 4.42 Å². The zero-order valence-electron chi connectivity index (χ0n) is 16.6. The molecule has 4 rings (SSSR count). The van der Waals surface area contributed by atoms with Crippen LogP contribution >= 0.6 is 11.3 Å². The quantitative estimate of drug-likeness (QED) is 0.295. The topological polar surface area (TPSA) is 65.3 Å². The SMILES string of the molecule is Cc1cccc2[nH]cc(CCNC(=NCc3cccs3)NCCc3ccco3)c12. The fourth-order valence-corrected chi connectivity index (χ4v) is 4.08. The lowest BCUT2D eigenvalue weighted by Gasteiger charge is -2.12. The highest BCUT2D eigenvalue weighted by Crippen LogP contribution is 2.22. The van der Waals surface area contributed by atoms with Gasteiger partial charge in [0, 0.05) is 41.5 Å². The van der Waals surface area contributed by atoms with Gasteiger partial charge in [0.2, 0.25) is 0 Å².